The molecule has 1 fully saturated rings. The zero-order valence-corrected chi connectivity index (χ0v) is 14.4. The number of rotatable bonds is 7. The fraction of sp³-hybridized carbons (Fsp3) is 0.938. The Labute approximate surface area is 124 Å². The Balaban J connectivity index is 2.79. The van der Waals surface area contributed by atoms with E-state index >= 15 is 0 Å². The molecule has 1 amide bonds. The van der Waals surface area contributed by atoms with Crippen LogP contribution in [0.1, 0.15) is 47.5 Å². The second kappa shape index (κ2) is 6.90. The molecule has 0 aromatic heterocycles. The average Bonchev–Trinajstić information content (AvgIpc) is 2.63. The molecule has 1 saturated heterocycles. The van der Waals surface area contributed by atoms with Crippen molar-refractivity contribution in [1.82, 2.24) is 15.1 Å². The highest BCUT2D eigenvalue weighted by atomic mass is 16.2. The van der Waals surface area contributed by atoms with E-state index in [0.717, 1.165) is 25.9 Å². The zero-order valence-electron chi connectivity index (χ0n) is 14.4. The zero-order chi connectivity index (χ0) is 15.5. The lowest BCUT2D eigenvalue weighted by molar-refractivity contribution is -0.132. The first kappa shape index (κ1) is 17.4. The van der Waals surface area contributed by atoms with E-state index < -0.39 is 0 Å². The van der Waals surface area contributed by atoms with Crippen molar-refractivity contribution in [1.29, 1.82) is 0 Å². The van der Waals surface area contributed by atoms with E-state index in [9.17, 15) is 4.79 Å². The molecule has 20 heavy (non-hydrogen) atoms. The van der Waals surface area contributed by atoms with Crippen LogP contribution in [-0.2, 0) is 4.79 Å². The maximum atomic E-state index is 12.7. The monoisotopic (exact) mass is 283 g/mol. The van der Waals surface area contributed by atoms with E-state index in [4.69, 9.17) is 0 Å². The smallest absolute Gasteiger partial charge is 0.241 e. The van der Waals surface area contributed by atoms with Gasteiger partial charge in [0.15, 0.2) is 0 Å². The Bertz CT molecular complexity index is 328. The largest absolute Gasteiger partial charge is 0.325 e. The predicted molar refractivity (Wildman–Crippen MR) is 84.5 cm³/mol. The van der Waals surface area contributed by atoms with E-state index in [0.29, 0.717) is 5.92 Å². The maximum absolute atomic E-state index is 12.7. The lowest BCUT2D eigenvalue weighted by atomic mass is 9.91. The predicted octanol–water partition coefficient (Wildman–Crippen LogP) is 2.16. The minimum Gasteiger partial charge on any atom is -0.325 e. The first-order chi connectivity index (χ1) is 9.21. The van der Waals surface area contributed by atoms with Gasteiger partial charge in [-0.15, -0.1) is 0 Å². The average molecular weight is 283 g/mol. The van der Waals surface area contributed by atoms with Crippen molar-refractivity contribution in [3.8, 4) is 0 Å². The molecule has 4 heteroatoms. The summed E-state index contributed by atoms with van der Waals surface area (Å²) in [5.74, 6) is 0.691. The van der Waals surface area contributed by atoms with Crippen LogP contribution in [0.25, 0.3) is 0 Å². The van der Waals surface area contributed by atoms with Crippen LogP contribution in [-0.4, -0.2) is 55.1 Å². The normalized spacial score (nSPS) is 25.6. The summed E-state index contributed by atoms with van der Waals surface area (Å²) in [5, 5.41) is 3.53. The minimum atomic E-state index is 0.0000983. The molecule has 1 heterocycles. The number of hydrogen-bond acceptors (Lipinski definition) is 3. The van der Waals surface area contributed by atoms with Crippen LogP contribution in [0.15, 0.2) is 0 Å². The third-order valence-electron chi connectivity index (χ3n) is 4.24. The van der Waals surface area contributed by atoms with Crippen LogP contribution < -0.4 is 5.32 Å². The Kier molecular flexibility index (Phi) is 6.02. The molecule has 1 N–H and O–H groups in total. The summed E-state index contributed by atoms with van der Waals surface area (Å²) < 4.78 is 0. The number of nitrogens with zero attached hydrogens (tertiary/aromatic N) is 2. The maximum Gasteiger partial charge on any atom is 0.241 e. The fourth-order valence-electron chi connectivity index (χ4n) is 3.24. The molecule has 1 aliphatic heterocycles. The second-order valence-corrected chi connectivity index (χ2v) is 7.32. The van der Waals surface area contributed by atoms with Crippen LogP contribution in [0.2, 0.25) is 0 Å². The summed E-state index contributed by atoms with van der Waals surface area (Å²) >= 11 is 0. The van der Waals surface area contributed by atoms with Crippen LogP contribution in [0.5, 0.6) is 0 Å². The number of carbonyl (C=O) groups excluding carboxylic acids is 1. The lowest BCUT2D eigenvalue weighted by Crippen LogP contribution is -2.45. The van der Waals surface area contributed by atoms with Gasteiger partial charge in [-0.2, -0.15) is 0 Å². The van der Waals surface area contributed by atoms with Gasteiger partial charge in [-0.3, -0.25) is 10.1 Å². The Hall–Kier alpha value is -0.610. The van der Waals surface area contributed by atoms with Crippen molar-refractivity contribution in [2.45, 2.75) is 59.7 Å². The topological polar surface area (TPSA) is 35.6 Å². The minimum absolute atomic E-state index is 0.0000983. The molecule has 3 unspecified atom stereocenters. The molecule has 1 aliphatic rings. The van der Waals surface area contributed by atoms with Crippen LogP contribution in [0.3, 0.4) is 0 Å². The van der Waals surface area contributed by atoms with Gasteiger partial charge in [-0.1, -0.05) is 41.0 Å². The van der Waals surface area contributed by atoms with Crippen molar-refractivity contribution in [2.24, 2.45) is 11.3 Å². The third-order valence-corrected chi connectivity index (χ3v) is 4.24. The van der Waals surface area contributed by atoms with Gasteiger partial charge in [0.05, 0.1) is 12.2 Å². The number of nitrogens with one attached hydrogen (secondary N) is 1. The molecular formula is C16H33N3O. The second-order valence-electron chi connectivity index (χ2n) is 7.32. The van der Waals surface area contributed by atoms with Gasteiger partial charge in [-0.05, 0) is 31.8 Å². The quantitative estimate of drug-likeness (QED) is 0.778. The highest BCUT2D eigenvalue weighted by Crippen LogP contribution is 2.26. The van der Waals surface area contributed by atoms with Crippen molar-refractivity contribution in [3.05, 3.63) is 0 Å². The van der Waals surface area contributed by atoms with E-state index in [1.165, 1.54) is 0 Å². The molecule has 0 aromatic rings. The van der Waals surface area contributed by atoms with Crippen molar-refractivity contribution in [2.75, 3.05) is 27.2 Å². The van der Waals surface area contributed by atoms with Gasteiger partial charge in [-0.25, -0.2) is 0 Å². The Morgan fingerprint density at radius 2 is 1.95 bits per heavy atom. The summed E-state index contributed by atoms with van der Waals surface area (Å²) in [5.41, 5.74) is 0.110. The fourth-order valence-corrected chi connectivity index (χ4v) is 3.24. The van der Waals surface area contributed by atoms with E-state index in [2.05, 4.69) is 63.8 Å². The van der Waals surface area contributed by atoms with Crippen LogP contribution in [0.4, 0.5) is 0 Å². The summed E-state index contributed by atoms with van der Waals surface area (Å²) in [6, 6.07) is 0.0000983. The van der Waals surface area contributed by atoms with E-state index in [1.807, 2.05) is 0 Å². The number of amides is 1. The lowest BCUT2D eigenvalue weighted by Gasteiger charge is -2.35. The van der Waals surface area contributed by atoms with E-state index in [1.54, 1.807) is 0 Å². The SMILES string of the molecule is CCC(C)C1NC(CC)N(CC(C)(C)CN(C)C)C1=O. The van der Waals surface area contributed by atoms with Gasteiger partial charge in [0.25, 0.3) is 0 Å². The van der Waals surface area contributed by atoms with Gasteiger partial charge in [0.1, 0.15) is 0 Å². The summed E-state index contributed by atoms with van der Waals surface area (Å²) in [6.45, 7) is 12.8. The third kappa shape index (κ3) is 4.19. The highest BCUT2D eigenvalue weighted by molar-refractivity contribution is 5.84. The molecule has 3 atom stereocenters. The van der Waals surface area contributed by atoms with Crippen LogP contribution in [0, 0.1) is 11.3 Å². The first-order valence-electron chi connectivity index (χ1n) is 7.93. The van der Waals surface area contributed by atoms with E-state index in [-0.39, 0.29) is 23.5 Å². The van der Waals surface area contributed by atoms with Crippen LogP contribution >= 0.6 is 0 Å². The molecule has 0 aromatic carbocycles. The molecule has 0 saturated carbocycles. The molecule has 0 bridgehead atoms. The summed E-state index contributed by atoms with van der Waals surface area (Å²) in [7, 11) is 4.18. The molecule has 118 valence electrons. The molecular weight excluding hydrogens is 250 g/mol. The van der Waals surface area contributed by atoms with Crippen molar-refractivity contribution < 1.29 is 4.79 Å². The van der Waals surface area contributed by atoms with Gasteiger partial charge in [0.2, 0.25) is 5.91 Å². The summed E-state index contributed by atoms with van der Waals surface area (Å²) in [4.78, 5) is 17.0. The molecule has 0 spiro atoms. The molecule has 4 nitrogen and oxygen atoms in total. The number of carbonyl (C=O) groups is 1. The molecule has 1 rings (SSSR count). The highest BCUT2D eigenvalue weighted by Gasteiger charge is 2.42. The van der Waals surface area contributed by atoms with Gasteiger partial charge >= 0.3 is 0 Å². The Morgan fingerprint density at radius 1 is 1.35 bits per heavy atom. The standard InChI is InChI=1S/C16H33N3O/c1-8-12(3)14-15(20)19(13(9-2)17-14)11-16(4,5)10-18(6)7/h12-14,17H,8-11H2,1-7H3. The van der Waals surface area contributed by atoms with Gasteiger partial charge < -0.3 is 9.80 Å². The van der Waals surface area contributed by atoms with Crippen molar-refractivity contribution >= 4 is 5.91 Å². The first-order valence-corrected chi connectivity index (χ1v) is 7.93. The molecule has 0 radical (unpaired) electrons. The van der Waals surface area contributed by atoms with Gasteiger partial charge in [0, 0.05) is 13.1 Å². The summed E-state index contributed by atoms with van der Waals surface area (Å²) in [6.07, 6.45) is 2.20. The number of hydrogen-bond donors (Lipinski definition) is 1. The molecule has 0 aliphatic carbocycles. The Morgan fingerprint density at radius 3 is 2.40 bits per heavy atom. The van der Waals surface area contributed by atoms with Crippen molar-refractivity contribution in [3.63, 3.8) is 0 Å².